The minimum absolute atomic E-state index is 0.443. The molecule has 102 valence electrons. The number of imidazole rings is 1. The van der Waals surface area contributed by atoms with Crippen LogP contribution in [0.4, 0.5) is 0 Å². The van der Waals surface area contributed by atoms with Crippen LogP contribution in [0.1, 0.15) is 31.5 Å². The molecule has 2 aromatic rings. The van der Waals surface area contributed by atoms with Crippen molar-refractivity contribution in [3.8, 4) is 0 Å². The Morgan fingerprint density at radius 3 is 2.84 bits per heavy atom. The van der Waals surface area contributed by atoms with Crippen LogP contribution < -0.4 is 0 Å². The van der Waals surface area contributed by atoms with Gasteiger partial charge in [-0.1, -0.05) is 25.0 Å². The van der Waals surface area contributed by atoms with Crippen LogP contribution in [0.2, 0.25) is 0 Å². The molecule has 0 unspecified atom stereocenters. The summed E-state index contributed by atoms with van der Waals surface area (Å²) in [6.07, 6.45) is 5.52. The van der Waals surface area contributed by atoms with Crippen molar-refractivity contribution < 1.29 is 4.74 Å². The molecule has 0 atom stereocenters. The number of rotatable bonds is 5. The topological polar surface area (TPSA) is 27.1 Å². The molecule has 0 bridgehead atoms. The highest BCUT2D eigenvalue weighted by atomic mass is 35.5. The average Bonchev–Trinajstić information content (AvgIpc) is 3.06. The molecule has 3 nitrogen and oxygen atoms in total. The second-order valence-corrected chi connectivity index (χ2v) is 5.35. The third kappa shape index (κ3) is 2.77. The molecule has 1 saturated carbocycles. The van der Waals surface area contributed by atoms with Gasteiger partial charge in [-0.25, -0.2) is 4.98 Å². The molecule has 0 spiro atoms. The Balaban J connectivity index is 1.71. The number of benzene rings is 1. The van der Waals surface area contributed by atoms with E-state index in [-0.39, 0.29) is 0 Å². The standard InChI is InChI=1S/C15H19ClN2O/c16-11-15-17-13-7-3-4-8-14(13)18(15)9-10-19-12-5-1-2-6-12/h3-4,7-8,12H,1-2,5-6,9-11H2. The summed E-state index contributed by atoms with van der Waals surface area (Å²) in [6.45, 7) is 1.58. The molecule has 3 rings (SSSR count). The van der Waals surface area contributed by atoms with Gasteiger partial charge in [0.2, 0.25) is 0 Å². The molecule has 0 N–H and O–H groups in total. The van der Waals surface area contributed by atoms with Gasteiger partial charge in [-0.05, 0) is 25.0 Å². The zero-order chi connectivity index (χ0) is 13.1. The lowest BCUT2D eigenvalue weighted by Crippen LogP contribution is -2.14. The number of ether oxygens (including phenoxy) is 1. The minimum Gasteiger partial charge on any atom is -0.376 e. The zero-order valence-electron chi connectivity index (χ0n) is 11.0. The van der Waals surface area contributed by atoms with Crippen molar-refractivity contribution >= 4 is 22.6 Å². The van der Waals surface area contributed by atoms with E-state index in [4.69, 9.17) is 16.3 Å². The Labute approximate surface area is 118 Å². The smallest absolute Gasteiger partial charge is 0.124 e. The summed E-state index contributed by atoms with van der Waals surface area (Å²) in [6, 6.07) is 8.16. The summed E-state index contributed by atoms with van der Waals surface area (Å²) in [4.78, 5) is 4.56. The van der Waals surface area contributed by atoms with Crippen molar-refractivity contribution in [2.45, 2.75) is 44.2 Å². The number of para-hydroxylation sites is 2. The highest BCUT2D eigenvalue weighted by Crippen LogP contribution is 2.21. The number of nitrogens with zero attached hydrogens (tertiary/aromatic N) is 2. The molecule has 0 radical (unpaired) electrons. The number of fused-ring (bicyclic) bond motifs is 1. The van der Waals surface area contributed by atoms with Crippen LogP contribution in [0, 0.1) is 0 Å². The van der Waals surface area contributed by atoms with Crippen LogP contribution in [0.15, 0.2) is 24.3 Å². The van der Waals surface area contributed by atoms with E-state index in [0.717, 1.165) is 30.0 Å². The third-order valence-corrected chi connectivity index (χ3v) is 4.06. The molecule has 1 aromatic heterocycles. The van der Waals surface area contributed by atoms with Gasteiger partial charge in [-0.2, -0.15) is 0 Å². The number of hydrogen-bond donors (Lipinski definition) is 0. The van der Waals surface area contributed by atoms with Gasteiger partial charge in [0.1, 0.15) is 5.82 Å². The number of halogens is 1. The van der Waals surface area contributed by atoms with E-state index >= 15 is 0 Å². The summed E-state index contributed by atoms with van der Waals surface area (Å²) in [5, 5.41) is 0. The lowest BCUT2D eigenvalue weighted by molar-refractivity contribution is 0.0532. The fourth-order valence-corrected chi connectivity index (χ4v) is 3.05. The second-order valence-electron chi connectivity index (χ2n) is 5.08. The van der Waals surface area contributed by atoms with Crippen LogP contribution >= 0.6 is 11.6 Å². The van der Waals surface area contributed by atoms with Gasteiger partial charge in [0, 0.05) is 6.54 Å². The van der Waals surface area contributed by atoms with E-state index in [2.05, 4.69) is 15.6 Å². The van der Waals surface area contributed by atoms with Gasteiger partial charge in [0.25, 0.3) is 0 Å². The van der Waals surface area contributed by atoms with Crippen LogP contribution in [-0.4, -0.2) is 22.3 Å². The first-order valence-corrected chi connectivity index (χ1v) is 7.53. The Morgan fingerprint density at radius 2 is 2.05 bits per heavy atom. The number of aromatic nitrogens is 2. The highest BCUT2D eigenvalue weighted by molar-refractivity contribution is 6.16. The first-order chi connectivity index (χ1) is 9.38. The first kappa shape index (κ1) is 12.9. The van der Waals surface area contributed by atoms with Gasteiger partial charge < -0.3 is 9.30 Å². The maximum absolute atomic E-state index is 5.99. The number of alkyl halides is 1. The van der Waals surface area contributed by atoms with Crippen LogP contribution in [0.25, 0.3) is 11.0 Å². The number of hydrogen-bond acceptors (Lipinski definition) is 2. The zero-order valence-corrected chi connectivity index (χ0v) is 11.8. The summed E-state index contributed by atoms with van der Waals surface area (Å²) < 4.78 is 8.11. The lowest BCUT2D eigenvalue weighted by atomic mass is 10.3. The van der Waals surface area contributed by atoms with E-state index in [0.29, 0.717) is 12.0 Å². The minimum atomic E-state index is 0.443. The van der Waals surface area contributed by atoms with Crippen molar-refractivity contribution in [2.24, 2.45) is 0 Å². The maximum Gasteiger partial charge on any atom is 0.124 e. The second kappa shape index (κ2) is 5.93. The molecule has 4 heteroatoms. The normalized spacial score (nSPS) is 16.5. The third-order valence-electron chi connectivity index (χ3n) is 3.82. The fraction of sp³-hybridized carbons (Fsp3) is 0.533. The molecule has 19 heavy (non-hydrogen) atoms. The summed E-state index contributed by atoms with van der Waals surface area (Å²) in [5.41, 5.74) is 2.16. The predicted molar refractivity (Wildman–Crippen MR) is 77.5 cm³/mol. The quantitative estimate of drug-likeness (QED) is 0.779. The monoisotopic (exact) mass is 278 g/mol. The molecule has 0 amide bonds. The van der Waals surface area contributed by atoms with Crippen LogP contribution in [0.3, 0.4) is 0 Å². The predicted octanol–water partition coefficient (Wildman–Crippen LogP) is 3.73. The molecule has 1 heterocycles. The van der Waals surface area contributed by atoms with E-state index in [9.17, 15) is 0 Å². The average molecular weight is 279 g/mol. The van der Waals surface area contributed by atoms with E-state index < -0.39 is 0 Å². The van der Waals surface area contributed by atoms with E-state index in [1.54, 1.807) is 0 Å². The van der Waals surface area contributed by atoms with Gasteiger partial charge in [0.05, 0.1) is 29.6 Å². The van der Waals surface area contributed by atoms with Crippen LogP contribution in [-0.2, 0) is 17.2 Å². The van der Waals surface area contributed by atoms with Crippen molar-refractivity contribution in [2.75, 3.05) is 6.61 Å². The van der Waals surface area contributed by atoms with Crippen molar-refractivity contribution in [3.05, 3.63) is 30.1 Å². The molecule has 1 fully saturated rings. The van der Waals surface area contributed by atoms with Crippen molar-refractivity contribution in [1.29, 1.82) is 0 Å². The molecule has 0 aliphatic heterocycles. The summed E-state index contributed by atoms with van der Waals surface area (Å²) in [7, 11) is 0. The Hall–Kier alpha value is -1.06. The van der Waals surface area contributed by atoms with Crippen LogP contribution in [0.5, 0.6) is 0 Å². The van der Waals surface area contributed by atoms with Crippen molar-refractivity contribution in [1.82, 2.24) is 9.55 Å². The fourth-order valence-electron chi connectivity index (χ4n) is 2.84. The largest absolute Gasteiger partial charge is 0.376 e. The Bertz CT molecular complexity index is 546. The summed E-state index contributed by atoms with van der Waals surface area (Å²) >= 11 is 5.99. The SMILES string of the molecule is ClCc1nc2ccccc2n1CCOC1CCCC1. The molecule has 1 aromatic carbocycles. The van der Waals surface area contributed by atoms with Gasteiger partial charge >= 0.3 is 0 Å². The van der Waals surface area contributed by atoms with Gasteiger partial charge in [-0.15, -0.1) is 11.6 Å². The Morgan fingerprint density at radius 1 is 1.26 bits per heavy atom. The lowest BCUT2D eigenvalue weighted by Gasteiger charge is -2.13. The van der Waals surface area contributed by atoms with E-state index in [1.165, 1.54) is 25.7 Å². The maximum atomic E-state index is 5.99. The highest BCUT2D eigenvalue weighted by Gasteiger charge is 2.15. The molecule has 0 saturated heterocycles. The Kier molecular flexibility index (Phi) is 4.04. The molecular weight excluding hydrogens is 260 g/mol. The molecule has 1 aliphatic carbocycles. The molecular formula is C15H19ClN2O. The van der Waals surface area contributed by atoms with Gasteiger partial charge in [-0.3, -0.25) is 0 Å². The van der Waals surface area contributed by atoms with Gasteiger partial charge in [0.15, 0.2) is 0 Å². The van der Waals surface area contributed by atoms with E-state index in [1.807, 2.05) is 18.2 Å². The van der Waals surface area contributed by atoms with Crippen molar-refractivity contribution in [3.63, 3.8) is 0 Å². The summed E-state index contributed by atoms with van der Waals surface area (Å²) in [5.74, 6) is 1.37. The first-order valence-electron chi connectivity index (χ1n) is 7.00. The molecule has 1 aliphatic rings.